The van der Waals surface area contributed by atoms with E-state index in [1.165, 1.54) is 6.92 Å². The lowest BCUT2D eigenvalue weighted by molar-refractivity contribution is -0.145. The van der Waals surface area contributed by atoms with Gasteiger partial charge in [0.15, 0.2) is 0 Å². The van der Waals surface area contributed by atoms with E-state index in [-0.39, 0.29) is 12.1 Å². The van der Waals surface area contributed by atoms with Crippen LogP contribution in [0.3, 0.4) is 0 Å². The quantitative estimate of drug-likeness (QED) is 0.569. The summed E-state index contributed by atoms with van der Waals surface area (Å²) in [6.45, 7) is 6.39. The van der Waals surface area contributed by atoms with E-state index >= 15 is 0 Å². The fourth-order valence-corrected chi connectivity index (χ4v) is 3.35. The van der Waals surface area contributed by atoms with Gasteiger partial charge in [0, 0.05) is 24.9 Å². The van der Waals surface area contributed by atoms with Gasteiger partial charge in [-0.2, -0.15) is 0 Å². The lowest BCUT2D eigenvalue weighted by atomic mass is 10.2. The summed E-state index contributed by atoms with van der Waals surface area (Å²) in [5.41, 5.74) is 2.00. The van der Waals surface area contributed by atoms with Crippen LogP contribution in [0.4, 0.5) is 11.6 Å². The molecule has 0 bridgehead atoms. The zero-order valence-corrected chi connectivity index (χ0v) is 17.5. The van der Waals surface area contributed by atoms with Crippen LogP contribution in [0.25, 0.3) is 10.6 Å². The number of carboxylic acid groups (broad SMARTS) is 1. The molecule has 0 spiro atoms. The number of carbonyl (C=O) groups is 2. The molecule has 152 valence electrons. The highest BCUT2D eigenvalue weighted by Gasteiger charge is 2.13. The second kappa shape index (κ2) is 10.3. The Hall–Kier alpha value is -3.26. The summed E-state index contributed by atoms with van der Waals surface area (Å²) in [6, 6.07) is 13.7. The van der Waals surface area contributed by atoms with Gasteiger partial charge in [-0.3, -0.25) is 9.59 Å². The number of thiophene rings is 1. The number of rotatable bonds is 5. The number of carboxylic acids is 1. The zero-order chi connectivity index (χ0) is 21.4. The first-order chi connectivity index (χ1) is 13.7. The molecule has 3 aromatic rings. The Morgan fingerprint density at radius 3 is 2.52 bits per heavy atom. The monoisotopic (exact) mass is 413 g/mol. The second-order valence-electron chi connectivity index (χ2n) is 6.22. The topological polar surface area (TPSA) is 101 Å². The van der Waals surface area contributed by atoms with E-state index in [1.54, 1.807) is 17.5 Å². The van der Waals surface area contributed by atoms with Gasteiger partial charge in [0.2, 0.25) is 0 Å². The van der Waals surface area contributed by atoms with Crippen LogP contribution in [-0.4, -0.2) is 27.0 Å². The van der Waals surface area contributed by atoms with E-state index in [9.17, 15) is 4.79 Å². The number of aryl methyl sites for hydroxylation is 1. The number of nitrogens with zero attached hydrogens (tertiary/aromatic N) is 2. The van der Waals surface area contributed by atoms with Crippen LogP contribution in [0.15, 0.2) is 48.7 Å². The van der Waals surface area contributed by atoms with Gasteiger partial charge in [-0.25, -0.2) is 9.97 Å². The molecule has 0 aromatic carbocycles. The van der Waals surface area contributed by atoms with Gasteiger partial charge in [0.25, 0.3) is 5.97 Å². The molecule has 0 amide bonds. The minimum atomic E-state index is -0.833. The fourth-order valence-electron chi connectivity index (χ4n) is 2.39. The number of nitrogens with one attached hydrogen (secondary N) is 1. The molecule has 3 aromatic heterocycles. The van der Waals surface area contributed by atoms with E-state index in [1.807, 2.05) is 56.3 Å². The summed E-state index contributed by atoms with van der Waals surface area (Å²) < 4.78 is 5.23. The van der Waals surface area contributed by atoms with Gasteiger partial charge in [0.1, 0.15) is 17.7 Å². The molecular weight excluding hydrogens is 390 g/mol. The number of anilines is 2. The normalized spacial score (nSPS) is 11.0. The fraction of sp³-hybridized carbons (Fsp3) is 0.238. The van der Waals surface area contributed by atoms with Crippen molar-refractivity contribution in [3.05, 3.63) is 59.1 Å². The summed E-state index contributed by atoms with van der Waals surface area (Å²) in [6.07, 6.45) is 1.51. The average molecular weight is 413 g/mol. The predicted octanol–water partition coefficient (Wildman–Crippen LogP) is 4.97. The van der Waals surface area contributed by atoms with Crippen molar-refractivity contribution >= 4 is 34.9 Å². The molecule has 3 heterocycles. The van der Waals surface area contributed by atoms with Crippen molar-refractivity contribution in [2.24, 2.45) is 0 Å². The molecule has 0 aliphatic heterocycles. The van der Waals surface area contributed by atoms with Crippen LogP contribution in [0, 0.1) is 6.92 Å². The van der Waals surface area contributed by atoms with Gasteiger partial charge >= 0.3 is 5.97 Å². The molecular formula is C21H23N3O4S. The molecule has 0 fully saturated rings. The maximum absolute atomic E-state index is 11.1. The summed E-state index contributed by atoms with van der Waals surface area (Å²) in [5.74, 6) is 0.385. The Balaban J connectivity index is 0.000000687. The Labute approximate surface area is 173 Å². The summed E-state index contributed by atoms with van der Waals surface area (Å²) in [4.78, 5) is 31.1. The molecule has 1 unspecified atom stereocenters. The average Bonchev–Trinajstić information content (AvgIpc) is 3.11. The maximum Gasteiger partial charge on any atom is 0.303 e. The van der Waals surface area contributed by atoms with Crippen molar-refractivity contribution < 1.29 is 19.4 Å². The van der Waals surface area contributed by atoms with Crippen LogP contribution in [0.1, 0.15) is 37.3 Å². The van der Waals surface area contributed by atoms with Crippen LogP contribution < -0.4 is 5.32 Å². The first-order valence-corrected chi connectivity index (χ1v) is 9.70. The first kappa shape index (κ1) is 22.0. The number of aromatic nitrogens is 2. The Morgan fingerprint density at radius 1 is 1.14 bits per heavy atom. The van der Waals surface area contributed by atoms with Crippen molar-refractivity contribution in [3.8, 4) is 10.6 Å². The third-order valence-corrected chi connectivity index (χ3v) is 4.81. The van der Waals surface area contributed by atoms with Gasteiger partial charge < -0.3 is 15.2 Å². The Bertz CT molecular complexity index is 983. The highest BCUT2D eigenvalue weighted by atomic mass is 32.1. The number of hydrogen-bond acceptors (Lipinski definition) is 7. The van der Waals surface area contributed by atoms with Crippen molar-refractivity contribution in [1.29, 1.82) is 0 Å². The predicted molar refractivity (Wildman–Crippen MR) is 113 cm³/mol. The third kappa shape index (κ3) is 7.34. The zero-order valence-electron chi connectivity index (χ0n) is 16.7. The van der Waals surface area contributed by atoms with Gasteiger partial charge in [-0.15, -0.1) is 11.3 Å². The number of aliphatic carboxylic acids is 1. The smallest absolute Gasteiger partial charge is 0.303 e. The Kier molecular flexibility index (Phi) is 7.85. The van der Waals surface area contributed by atoms with Crippen molar-refractivity contribution in [3.63, 3.8) is 0 Å². The number of carbonyl (C=O) groups excluding carboxylic acids is 1. The SMILES string of the molecule is CC(=O)O.CC(=O)OC(C)c1ccc(-c2cccc(Nc3cc(C)ccn3)n2)s1. The first-order valence-electron chi connectivity index (χ1n) is 8.88. The molecule has 0 saturated heterocycles. The summed E-state index contributed by atoms with van der Waals surface area (Å²) >= 11 is 1.57. The lowest BCUT2D eigenvalue weighted by Gasteiger charge is -2.09. The summed E-state index contributed by atoms with van der Waals surface area (Å²) in [7, 11) is 0. The largest absolute Gasteiger partial charge is 0.481 e. The molecule has 0 saturated carbocycles. The minimum Gasteiger partial charge on any atom is -0.481 e. The van der Waals surface area contributed by atoms with Crippen molar-refractivity contribution in [2.75, 3.05) is 5.32 Å². The summed E-state index contributed by atoms with van der Waals surface area (Å²) in [5, 5.41) is 10.6. The standard InChI is InChI=1S/C19H19N3O2S.C2H4O2/c1-12-9-10-20-19(11-12)22-18-6-4-5-15(21-18)17-8-7-16(25-17)13(2)24-14(3)23;1-2(3)4/h4-11,13H,1-3H3,(H,20,21,22);1H3,(H,3,4). The van der Waals surface area contributed by atoms with Crippen LogP contribution in [-0.2, 0) is 14.3 Å². The van der Waals surface area contributed by atoms with E-state index < -0.39 is 5.97 Å². The van der Waals surface area contributed by atoms with Crippen LogP contribution in [0.5, 0.6) is 0 Å². The molecule has 3 rings (SSSR count). The molecule has 0 aliphatic carbocycles. The van der Waals surface area contributed by atoms with Gasteiger partial charge in [-0.1, -0.05) is 6.07 Å². The Morgan fingerprint density at radius 2 is 1.86 bits per heavy atom. The van der Waals surface area contributed by atoms with Gasteiger partial charge in [-0.05, 0) is 55.8 Å². The van der Waals surface area contributed by atoms with Crippen LogP contribution >= 0.6 is 11.3 Å². The number of pyridine rings is 2. The second-order valence-corrected chi connectivity index (χ2v) is 7.34. The third-order valence-electron chi connectivity index (χ3n) is 3.54. The van der Waals surface area contributed by atoms with Crippen molar-refractivity contribution in [2.45, 2.75) is 33.8 Å². The van der Waals surface area contributed by atoms with Crippen molar-refractivity contribution in [1.82, 2.24) is 9.97 Å². The highest BCUT2D eigenvalue weighted by molar-refractivity contribution is 7.15. The highest BCUT2D eigenvalue weighted by Crippen LogP contribution is 2.32. The molecule has 2 N–H and O–H groups in total. The van der Waals surface area contributed by atoms with Crippen LogP contribution in [0.2, 0.25) is 0 Å². The molecule has 1 atom stereocenters. The molecule has 0 aliphatic rings. The van der Waals surface area contributed by atoms with Gasteiger partial charge in [0.05, 0.1) is 10.6 Å². The van der Waals surface area contributed by atoms with E-state index in [4.69, 9.17) is 14.6 Å². The van der Waals surface area contributed by atoms with E-state index in [0.29, 0.717) is 0 Å². The molecule has 8 heteroatoms. The molecule has 7 nitrogen and oxygen atoms in total. The lowest BCUT2D eigenvalue weighted by Crippen LogP contribution is -2.02. The minimum absolute atomic E-state index is 0.256. The van der Waals surface area contributed by atoms with E-state index in [0.717, 1.165) is 39.6 Å². The van der Waals surface area contributed by atoms with E-state index in [2.05, 4.69) is 15.3 Å². The molecule has 29 heavy (non-hydrogen) atoms. The molecule has 0 radical (unpaired) electrons. The maximum atomic E-state index is 11.1. The number of ether oxygens (including phenoxy) is 1. The number of esters is 1. The number of hydrogen-bond donors (Lipinski definition) is 2.